The van der Waals surface area contributed by atoms with Crippen molar-refractivity contribution in [1.82, 2.24) is 10.6 Å². The predicted octanol–water partition coefficient (Wildman–Crippen LogP) is 4.05. The number of hydrogen-bond donors (Lipinski definition) is 4. The van der Waals surface area contributed by atoms with Gasteiger partial charge in [-0.25, -0.2) is 0 Å². The molecule has 0 aliphatic heterocycles. The number of halogens is 2. The fraction of sp³-hybridized carbons (Fsp3) is 0.273. The smallest absolute Gasteiger partial charge is 0.269 e. The van der Waals surface area contributed by atoms with E-state index in [1.54, 1.807) is 48.5 Å². The molecule has 0 spiro atoms. The van der Waals surface area contributed by atoms with Crippen LogP contribution < -0.4 is 10.6 Å². The van der Waals surface area contributed by atoms with Crippen molar-refractivity contribution < 1.29 is 20.0 Å². The Morgan fingerprint density at radius 2 is 1.06 bits per heavy atom. The highest BCUT2D eigenvalue weighted by Gasteiger charge is 2.14. The standard InChI is InChI=1S/C22H24Cl2N4O4S2/c23-17-5-1-15(2-6-17)13-19(27-31)21(29)25-9-11-33-34-12-10-26-22(30)20(28-32)14-16-3-7-18(24)8-4-16/h1-8,31-32H,9-14H2,(H,25,29)(H,26,30)/b27-19-,28-20+. The minimum absolute atomic E-state index is 0.0163. The van der Waals surface area contributed by atoms with Crippen molar-refractivity contribution in [3.05, 3.63) is 69.7 Å². The lowest BCUT2D eigenvalue weighted by atomic mass is 10.1. The lowest BCUT2D eigenvalue weighted by molar-refractivity contribution is -0.115. The number of carbonyl (C=O) groups is 2. The van der Waals surface area contributed by atoms with Gasteiger partial charge in [0.15, 0.2) is 0 Å². The van der Waals surface area contributed by atoms with Crippen molar-refractivity contribution in [2.45, 2.75) is 12.8 Å². The summed E-state index contributed by atoms with van der Waals surface area (Å²) in [5.74, 6) is 0.382. The van der Waals surface area contributed by atoms with E-state index in [1.165, 1.54) is 21.6 Å². The number of carbonyl (C=O) groups excluding carboxylic acids is 2. The predicted molar refractivity (Wildman–Crippen MR) is 140 cm³/mol. The van der Waals surface area contributed by atoms with E-state index >= 15 is 0 Å². The molecular weight excluding hydrogens is 519 g/mol. The summed E-state index contributed by atoms with van der Waals surface area (Å²) in [5, 5.41) is 31.1. The third kappa shape index (κ3) is 10.3. The Kier molecular flexibility index (Phi) is 12.7. The molecule has 2 amide bonds. The maximum Gasteiger partial charge on any atom is 0.269 e. The molecule has 0 aliphatic rings. The first-order valence-electron chi connectivity index (χ1n) is 10.1. The summed E-state index contributed by atoms with van der Waals surface area (Å²) in [5.41, 5.74) is 1.65. The van der Waals surface area contributed by atoms with E-state index in [4.69, 9.17) is 33.6 Å². The van der Waals surface area contributed by atoms with Crippen molar-refractivity contribution in [2.75, 3.05) is 24.6 Å². The molecule has 2 rings (SSSR count). The van der Waals surface area contributed by atoms with E-state index in [0.717, 1.165) is 11.1 Å². The molecule has 34 heavy (non-hydrogen) atoms. The number of benzene rings is 2. The van der Waals surface area contributed by atoms with Crippen LogP contribution in [-0.4, -0.2) is 58.2 Å². The van der Waals surface area contributed by atoms with E-state index in [0.29, 0.717) is 34.6 Å². The summed E-state index contributed by atoms with van der Waals surface area (Å²) in [6.07, 6.45) is 0.385. The van der Waals surface area contributed by atoms with E-state index in [-0.39, 0.29) is 24.3 Å². The summed E-state index contributed by atoms with van der Waals surface area (Å²) in [6, 6.07) is 13.9. The molecule has 0 aliphatic carbocycles. The third-order valence-electron chi connectivity index (χ3n) is 4.36. The van der Waals surface area contributed by atoms with Crippen LogP contribution in [0.2, 0.25) is 10.0 Å². The van der Waals surface area contributed by atoms with Crippen LogP contribution in [0, 0.1) is 0 Å². The van der Waals surface area contributed by atoms with Gasteiger partial charge in [-0.3, -0.25) is 9.59 Å². The molecule has 0 atom stereocenters. The molecule has 12 heteroatoms. The maximum absolute atomic E-state index is 12.2. The van der Waals surface area contributed by atoms with E-state index in [9.17, 15) is 9.59 Å². The molecule has 2 aromatic carbocycles. The minimum Gasteiger partial charge on any atom is -0.410 e. The SMILES string of the molecule is O=C(NCCSSCCNC(=O)/C(Cc1ccc(Cl)cc1)=N/O)/C(Cc1ccc(Cl)cc1)=N\O. The van der Waals surface area contributed by atoms with Gasteiger partial charge in [0, 0.05) is 47.5 Å². The molecule has 0 radical (unpaired) electrons. The van der Waals surface area contributed by atoms with Gasteiger partial charge in [0.05, 0.1) is 0 Å². The van der Waals surface area contributed by atoms with Gasteiger partial charge in [-0.2, -0.15) is 0 Å². The van der Waals surface area contributed by atoms with Crippen molar-refractivity contribution in [3.8, 4) is 0 Å². The van der Waals surface area contributed by atoms with Crippen molar-refractivity contribution in [2.24, 2.45) is 10.3 Å². The van der Waals surface area contributed by atoms with E-state index in [2.05, 4.69) is 20.9 Å². The molecule has 0 aromatic heterocycles. The molecule has 0 unspecified atom stereocenters. The van der Waals surface area contributed by atoms with E-state index < -0.39 is 11.8 Å². The lowest BCUT2D eigenvalue weighted by Crippen LogP contribution is -2.34. The monoisotopic (exact) mass is 542 g/mol. The first kappa shape index (κ1) is 27.8. The van der Waals surface area contributed by atoms with Gasteiger partial charge in [0.25, 0.3) is 11.8 Å². The van der Waals surface area contributed by atoms with Gasteiger partial charge in [-0.1, -0.05) is 79.4 Å². The Morgan fingerprint density at radius 3 is 1.38 bits per heavy atom. The molecule has 0 bridgehead atoms. The lowest BCUT2D eigenvalue weighted by Gasteiger charge is -2.08. The van der Waals surface area contributed by atoms with Crippen LogP contribution in [0.5, 0.6) is 0 Å². The third-order valence-corrected chi connectivity index (χ3v) is 7.27. The van der Waals surface area contributed by atoms with Crippen LogP contribution in [0.25, 0.3) is 0 Å². The molecule has 8 nitrogen and oxygen atoms in total. The number of amides is 2. The molecule has 4 N–H and O–H groups in total. The largest absolute Gasteiger partial charge is 0.410 e. The zero-order valence-electron chi connectivity index (χ0n) is 18.0. The quantitative estimate of drug-likeness (QED) is 0.0994. The van der Waals surface area contributed by atoms with Crippen LogP contribution in [0.4, 0.5) is 0 Å². The number of nitrogens with zero attached hydrogens (tertiary/aromatic N) is 2. The number of hydrogen-bond acceptors (Lipinski definition) is 8. The van der Waals surface area contributed by atoms with Gasteiger partial charge in [-0.05, 0) is 35.4 Å². The van der Waals surface area contributed by atoms with Gasteiger partial charge in [0.1, 0.15) is 11.4 Å². The number of oxime groups is 2. The highest BCUT2D eigenvalue weighted by Crippen LogP contribution is 2.19. The summed E-state index contributed by atoms with van der Waals surface area (Å²) < 4.78 is 0. The highest BCUT2D eigenvalue weighted by molar-refractivity contribution is 8.76. The van der Waals surface area contributed by atoms with Crippen molar-refractivity contribution >= 4 is 68.0 Å². The normalized spacial score (nSPS) is 11.8. The van der Waals surface area contributed by atoms with Crippen molar-refractivity contribution in [1.29, 1.82) is 0 Å². The molecule has 0 fully saturated rings. The summed E-state index contributed by atoms with van der Waals surface area (Å²) in [7, 11) is 3.06. The van der Waals surface area contributed by atoms with Gasteiger partial charge >= 0.3 is 0 Å². The zero-order valence-corrected chi connectivity index (χ0v) is 21.2. The number of rotatable bonds is 13. The van der Waals surface area contributed by atoms with Crippen LogP contribution in [0.1, 0.15) is 11.1 Å². The second-order valence-corrected chi connectivity index (χ2v) is 10.4. The Hall–Kier alpha value is -2.40. The summed E-state index contributed by atoms with van der Waals surface area (Å²) in [6.45, 7) is 0.788. The van der Waals surface area contributed by atoms with Crippen LogP contribution in [0.15, 0.2) is 58.8 Å². The van der Waals surface area contributed by atoms with E-state index in [1.807, 2.05) is 0 Å². The average molecular weight is 543 g/mol. The van der Waals surface area contributed by atoms with Crippen LogP contribution >= 0.6 is 44.8 Å². The van der Waals surface area contributed by atoms with Crippen LogP contribution in [0.3, 0.4) is 0 Å². The first-order chi connectivity index (χ1) is 16.4. The molecule has 182 valence electrons. The molecule has 2 aromatic rings. The summed E-state index contributed by atoms with van der Waals surface area (Å²) in [4.78, 5) is 24.3. The van der Waals surface area contributed by atoms with Crippen LogP contribution in [-0.2, 0) is 22.4 Å². The highest BCUT2D eigenvalue weighted by atomic mass is 35.5. The summed E-state index contributed by atoms with van der Waals surface area (Å²) >= 11 is 11.7. The second-order valence-electron chi connectivity index (χ2n) is 6.86. The Balaban J connectivity index is 1.58. The zero-order chi connectivity index (χ0) is 24.8. The second kappa shape index (κ2) is 15.5. The Morgan fingerprint density at radius 1 is 0.706 bits per heavy atom. The molecular formula is C22H24Cl2N4O4S2. The maximum atomic E-state index is 12.2. The van der Waals surface area contributed by atoms with Crippen molar-refractivity contribution in [3.63, 3.8) is 0 Å². The minimum atomic E-state index is -0.438. The Labute approximate surface area is 215 Å². The molecule has 0 saturated carbocycles. The van der Waals surface area contributed by atoms with Gasteiger partial charge < -0.3 is 21.0 Å². The van der Waals surface area contributed by atoms with Gasteiger partial charge in [0.2, 0.25) is 0 Å². The fourth-order valence-electron chi connectivity index (χ4n) is 2.65. The first-order valence-corrected chi connectivity index (χ1v) is 13.4. The number of nitrogens with one attached hydrogen (secondary N) is 2. The molecule has 0 heterocycles. The fourth-order valence-corrected chi connectivity index (χ4v) is 4.71. The topological polar surface area (TPSA) is 123 Å². The molecule has 0 saturated heterocycles. The Bertz CT molecular complexity index is 921. The van der Waals surface area contributed by atoms with Gasteiger partial charge in [-0.15, -0.1) is 0 Å². The average Bonchev–Trinajstić information content (AvgIpc) is 2.84.